The van der Waals surface area contributed by atoms with Crippen molar-refractivity contribution in [3.63, 3.8) is 0 Å². The van der Waals surface area contributed by atoms with Crippen LogP contribution >= 0.6 is 0 Å². The van der Waals surface area contributed by atoms with Gasteiger partial charge in [0.2, 0.25) is 0 Å². The molecular formula is C15H21N3O3. The SMILES string of the molecule is COCc1ccc(C(=O)Nc2ccnn2C(C)C(C)C)o1. The van der Waals surface area contributed by atoms with E-state index in [1.807, 2.05) is 4.68 Å². The first-order valence-corrected chi connectivity index (χ1v) is 6.95. The molecule has 0 saturated carbocycles. The van der Waals surface area contributed by atoms with Crippen molar-refractivity contribution in [3.05, 3.63) is 35.9 Å². The molecule has 0 radical (unpaired) electrons. The number of hydrogen-bond acceptors (Lipinski definition) is 4. The van der Waals surface area contributed by atoms with Crippen LogP contribution in [0.15, 0.2) is 28.8 Å². The van der Waals surface area contributed by atoms with Crippen molar-refractivity contribution in [2.45, 2.75) is 33.4 Å². The molecule has 21 heavy (non-hydrogen) atoms. The van der Waals surface area contributed by atoms with Gasteiger partial charge in [0.15, 0.2) is 5.76 Å². The number of carbonyl (C=O) groups is 1. The highest BCUT2D eigenvalue weighted by molar-refractivity contribution is 6.01. The van der Waals surface area contributed by atoms with Crippen LogP contribution in [0.4, 0.5) is 5.82 Å². The zero-order valence-corrected chi connectivity index (χ0v) is 12.8. The minimum absolute atomic E-state index is 0.191. The van der Waals surface area contributed by atoms with E-state index in [4.69, 9.17) is 9.15 Å². The predicted molar refractivity (Wildman–Crippen MR) is 79.2 cm³/mol. The molecule has 1 atom stereocenters. The molecule has 0 aliphatic rings. The summed E-state index contributed by atoms with van der Waals surface area (Å²) in [4.78, 5) is 12.2. The molecule has 0 fully saturated rings. The van der Waals surface area contributed by atoms with E-state index in [9.17, 15) is 4.79 Å². The summed E-state index contributed by atoms with van der Waals surface area (Å²) >= 11 is 0. The Bertz CT molecular complexity index is 601. The number of amides is 1. The lowest BCUT2D eigenvalue weighted by Crippen LogP contribution is -2.19. The average molecular weight is 291 g/mol. The Balaban J connectivity index is 2.11. The summed E-state index contributed by atoms with van der Waals surface area (Å²) in [7, 11) is 1.58. The first kappa shape index (κ1) is 15.3. The highest BCUT2D eigenvalue weighted by atomic mass is 16.5. The van der Waals surface area contributed by atoms with Gasteiger partial charge in [-0.3, -0.25) is 4.79 Å². The number of nitrogens with one attached hydrogen (secondary N) is 1. The van der Waals surface area contributed by atoms with E-state index >= 15 is 0 Å². The molecule has 114 valence electrons. The van der Waals surface area contributed by atoms with Gasteiger partial charge in [0, 0.05) is 13.2 Å². The number of nitrogens with zero attached hydrogens (tertiary/aromatic N) is 2. The lowest BCUT2D eigenvalue weighted by Gasteiger charge is -2.19. The standard InChI is InChI=1S/C15H21N3O3/c1-10(2)11(3)18-14(7-8-16-18)17-15(19)13-6-5-12(21-13)9-20-4/h5-8,10-11H,9H2,1-4H3,(H,17,19). The average Bonchev–Trinajstić information content (AvgIpc) is 3.07. The maximum atomic E-state index is 12.2. The zero-order valence-electron chi connectivity index (χ0n) is 12.8. The van der Waals surface area contributed by atoms with Crippen LogP contribution in [0.2, 0.25) is 0 Å². The minimum Gasteiger partial charge on any atom is -0.453 e. The van der Waals surface area contributed by atoms with Gasteiger partial charge in [0.1, 0.15) is 18.2 Å². The van der Waals surface area contributed by atoms with E-state index in [1.54, 1.807) is 31.5 Å². The Morgan fingerprint density at radius 1 is 1.38 bits per heavy atom. The van der Waals surface area contributed by atoms with Gasteiger partial charge in [-0.1, -0.05) is 13.8 Å². The molecule has 2 aromatic heterocycles. The minimum atomic E-state index is -0.296. The summed E-state index contributed by atoms with van der Waals surface area (Å²) in [6.07, 6.45) is 1.67. The molecule has 0 aromatic carbocycles. The molecule has 2 heterocycles. The van der Waals surface area contributed by atoms with Crippen LogP contribution in [0.25, 0.3) is 0 Å². The Hall–Kier alpha value is -2.08. The van der Waals surface area contributed by atoms with Crippen molar-refractivity contribution < 1.29 is 13.9 Å². The van der Waals surface area contributed by atoms with Crippen molar-refractivity contribution in [1.82, 2.24) is 9.78 Å². The second-order valence-corrected chi connectivity index (χ2v) is 5.30. The van der Waals surface area contributed by atoms with Crippen LogP contribution in [0, 0.1) is 5.92 Å². The van der Waals surface area contributed by atoms with Crippen LogP contribution in [0.5, 0.6) is 0 Å². The number of hydrogen-bond donors (Lipinski definition) is 1. The third-order valence-corrected chi connectivity index (χ3v) is 3.43. The fourth-order valence-electron chi connectivity index (χ4n) is 1.92. The molecule has 6 nitrogen and oxygen atoms in total. The van der Waals surface area contributed by atoms with E-state index in [1.165, 1.54) is 0 Å². The summed E-state index contributed by atoms with van der Waals surface area (Å²) in [5.41, 5.74) is 0. The Morgan fingerprint density at radius 3 is 2.81 bits per heavy atom. The number of ether oxygens (including phenoxy) is 1. The quantitative estimate of drug-likeness (QED) is 0.888. The molecule has 1 unspecified atom stereocenters. The fourth-order valence-corrected chi connectivity index (χ4v) is 1.92. The number of furan rings is 1. The third kappa shape index (κ3) is 3.52. The smallest absolute Gasteiger partial charge is 0.292 e. The molecule has 6 heteroatoms. The highest BCUT2D eigenvalue weighted by Gasteiger charge is 2.17. The van der Waals surface area contributed by atoms with Crippen molar-refractivity contribution in [1.29, 1.82) is 0 Å². The van der Waals surface area contributed by atoms with Crippen LogP contribution in [0.3, 0.4) is 0 Å². The topological polar surface area (TPSA) is 69.3 Å². The van der Waals surface area contributed by atoms with Gasteiger partial charge in [-0.25, -0.2) is 4.68 Å². The first-order chi connectivity index (χ1) is 10.0. The number of methoxy groups -OCH3 is 1. The largest absolute Gasteiger partial charge is 0.453 e. The van der Waals surface area contributed by atoms with E-state index < -0.39 is 0 Å². The summed E-state index contributed by atoms with van der Waals surface area (Å²) in [6, 6.07) is 5.33. The molecular weight excluding hydrogens is 270 g/mol. The number of carbonyl (C=O) groups excluding carboxylic acids is 1. The molecule has 1 N–H and O–H groups in total. The molecule has 1 amide bonds. The molecule has 0 spiro atoms. The molecule has 0 saturated heterocycles. The van der Waals surface area contributed by atoms with Gasteiger partial charge in [-0.2, -0.15) is 5.10 Å². The Kier molecular flexibility index (Phi) is 4.80. The van der Waals surface area contributed by atoms with Crippen LogP contribution in [0.1, 0.15) is 43.1 Å². The number of anilines is 1. The predicted octanol–water partition coefficient (Wildman–Crippen LogP) is 3.09. The van der Waals surface area contributed by atoms with Crippen molar-refractivity contribution in [3.8, 4) is 0 Å². The Labute approximate surface area is 124 Å². The van der Waals surface area contributed by atoms with Gasteiger partial charge in [0.25, 0.3) is 5.91 Å². The van der Waals surface area contributed by atoms with Crippen LogP contribution in [-0.4, -0.2) is 22.8 Å². The lowest BCUT2D eigenvalue weighted by atomic mass is 10.1. The monoisotopic (exact) mass is 291 g/mol. The molecule has 2 aromatic rings. The van der Waals surface area contributed by atoms with Crippen LogP contribution in [-0.2, 0) is 11.3 Å². The lowest BCUT2D eigenvalue weighted by molar-refractivity contribution is 0.0986. The first-order valence-electron chi connectivity index (χ1n) is 6.95. The van der Waals surface area contributed by atoms with Gasteiger partial charge in [0.05, 0.1) is 12.2 Å². The molecule has 2 rings (SSSR count). The van der Waals surface area contributed by atoms with Gasteiger partial charge >= 0.3 is 0 Å². The molecule has 0 aliphatic carbocycles. The third-order valence-electron chi connectivity index (χ3n) is 3.43. The molecule has 0 bridgehead atoms. The number of rotatable bonds is 6. The maximum absolute atomic E-state index is 12.2. The van der Waals surface area contributed by atoms with Gasteiger partial charge in [-0.15, -0.1) is 0 Å². The Morgan fingerprint density at radius 2 is 2.14 bits per heavy atom. The highest BCUT2D eigenvalue weighted by Crippen LogP contribution is 2.21. The van der Waals surface area contributed by atoms with E-state index in [-0.39, 0.29) is 17.7 Å². The van der Waals surface area contributed by atoms with E-state index in [2.05, 4.69) is 31.2 Å². The summed E-state index contributed by atoms with van der Waals surface area (Å²) in [5.74, 6) is 1.65. The zero-order chi connectivity index (χ0) is 15.4. The van der Waals surface area contributed by atoms with Crippen molar-refractivity contribution in [2.24, 2.45) is 5.92 Å². The van der Waals surface area contributed by atoms with Crippen molar-refractivity contribution >= 4 is 11.7 Å². The van der Waals surface area contributed by atoms with E-state index in [0.717, 1.165) is 0 Å². The van der Waals surface area contributed by atoms with Gasteiger partial charge in [-0.05, 0) is 25.0 Å². The maximum Gasteiger partial charge on any atom is 0.292 e. The van der Waals surface area contributed by atoms with E-state index in [0.29, 0.717) is 24.1 Å². The number of aromatic nitrogens is 2. The normalized spacial score (nSPS) is 12.6. The second kappa shape index (κ2) is 6.58. The second-order valence-electron chi connectivity index (χ2n) is 5.30. The fraction of sp³-hybridized carbons (Fsp3) is 0.467. The summed E-state index contributed by atoms with van der Waals surface area (Å²) < 4.78 is 12.2. The van der Waals surface area contributed by atoms with Crippen molar-refractivity contribution in [2.75, 3.05) is 12.4 Å². The molecule has 0 aliphatic heterocycles. The van der Waals surface area contributed by atoms with Crippen LogP contribution < -0.4 is 5.32 Å². The summed E-state index contributed by atoms with van der Waals surface area (Å²) in [5, 5.41) is 7.10. The summed E-state index contributed by atoms with van der Waals surface area (Å²) in [6.45, 7) is 6.63. The van der Waals surface area contributed by atoms with Gasteiger partial charge < -0.3 is 14.5 Å².